The number of hydrogen-bond acceptors (Lipinski definition) is 8. The van der Waals surface area contributed by atoms with Crippen LogP contribution in [0.3, 0.4) is 0 Å². The van der Waals surface area contributed by atoms with E-state index in [1.165, 1.54) is 23.1 Å². The summed E-state index contributed by atoms with van der Waals surface area (Å²) in [5.74, 6) is 1.05. The van der Waals surface area contributed by atoms with Crippen molar-refractivity contribution < 1.29 is 14.3 Å². The number of aryl methyl sites for hydroxylation is 1. The molecule has 3 aromatic rings. The summed E-state index contributed by atoms with van der Waals surface area (Å²) in [5, 5.41) is 8.25. The quantitative estimate of drug-likeness (QED) is 0.391. The van der Waals surface area contributed by atoms with E-state index in [0.29, 0.717) is 9.90 Å². The van der Waals surface area contributed by atoms with Crippen molar-refractivity contribution in [2.24, 2.45) is 0 Å². The first kappa shape index (κ1) is 22.1. The molecule has 156 valence electrons. The first-order valence-corrected chi connectivity index (χ1v) is 11.7. The van der Waals surface area contributed by atoms with Gasteiger partial charge in [-0.25, -0.2) is 0 Å². The van der Waals surface area contributed by atoms with Crippen LogP contribution in [0.5, 0.6) is 5.75 Å². The van der Waals surface area contributed by atoms with Gasteiger partial charge in [-0.15, -0.1) is 10.2 Å². The number of thioether (sulfide) groups is 2. The number of carbonyl (C=O) groups excluding carboxylic acids is 2. The molecule has 0 spiro atoms. The third-order valence-corrected chi connectivity index (χ3v) is 7.13. The van der Waals surface area contributed by atoms with Gasteiger partial charge in [0.25, 0.3) is 5.91 Å². The summed E-state index contributed by atoms with van der Waals surface area (Å²) in [5.41, 5.74) is 7.52. The van der Waals surface area contributed by atoms with Gasteiger partial charge >= 0.3 is 0 Å². The number of nitrogens with zero attached hydrogens (tertiary/aromatic N) is 2. The number of nitrogens with one attached hydrogen (secondary N) is 2. The van der Waals surface area contributed by atoms with Gasteiger partial charge in [-0.2, -0.15) is 0 Å². The van der Waals surface area contributed by atoms with Gasteiger partial charge in [0.2, 0.25) is 5.91 Å². The van der Waals surface area contributed by atoms with Crippen molar-refractivity contribution in [2.45, 2.75) is 21.4 Å². The molecule has 0 bridgehead atoms. The summed E-state index contributed by atoms with van der Waals surface area (Å²) in [6.07, 6.45) is 0. The lowest BCUT2D eigenvalue weighted by atomic mass is 10.1. The van der Waals surface area contributed by atoms with E-state index in [2.05, 4.69) is 21.0 Å². The fourth-order valence-corrected chi connectivity index (χ4v) is 5.02. The molecule has 0 atom stereocenters. The van der Waals surface area contributed by atoms with Gasteiger partial charge < -0.3 is 4.74 Å². The highest BCUT2D eigenvalue weighted by Crippen LogP contribution is 2.30. The Labute approximate surface area is 187 Å². The van der Waals surface area contributed by atoms with E-state index in [9.17, 15) is 9.59 Å². The Morgan fingerprint density at radius 1 is 0.967 bits per heavy atom. The van der Waals surface area contributed by atoms with Crippen LogP contribution in [-0.2, 0) is 10.5 Å². The van der Waals surface area contributed by atoms with Crippen molar-refractivity contribution >= 4 is 46.7 Å². The maximum atomic E-state index is 12.0. The van der Waals surface area contributed by atoms with Gasteiger partial charge in [0.05, 0.1) is 12.9 Å². The Morgan fingerprint density at radius 2 is 1.63 bits per heavy atom. The Kier molecular flexibility index (Phi) is 8.12. The Balaban J connectivity index is 1.39. The summed E-state index contributed by atoms with van der Waals surface area (Å²) in [6.45, 7) is 1.94. The number of amides is 2. The summed E-state index contributed by atoms with van der Waals surface area (Å²) < 4.78 is 6.69. The van der Waals surface area contributed by atoms with E-state index < -0.39 is 0 Å². The van der Waals surface area contributed by atoms with Crippen LogP contribution in [0.2, 0.25) is 0 Å². The summed E-state index contributed by atoms with van der Waals surface area (Å²) >= 11 is 4.30. The monoisotopic (exact) mass is 460 g/mol. The number of hydrogen-bond donors (Lipinski definition) is 2. The molecule has 0 radical (unpaired) electrons. The smallest absolute Gasteiger partial charge is 0.269 e. The van der Waals surface area contributed by atoms with Crippen LogP contribution in [0.25, 0.3) is 0 Å². The Bertz CT molecular complexity index is 991. The van der Waals surface area contributed by atoms with Gasteiger partial charge in [-0.05, 0) is 36.8 Å². The lowest BCUT2D eigenvalue weighted by Crippen LogP contribution is -2.42. The van der Waals surface area contributed by atoms with Crippen molar-refractivity contribution in [1.82, 2.24) is 21.0 Å². The van der Waals surface area contributed by atoms with Crippen LogP contribution in [0.1, 0.15) is 21.5 Å². The standard InChI is InChI=1S/C20H20N4O3S3/c1-13-3-7-15(8-4-13)18(26)22-21-17(25)12-29-20-24-23-19(30-20)28-11-14-5-9-16(27-2)10-6-14/h3-10H,11-12H2,1-2H3,(H,21,25)(H,22,26). The molecule has 2 aromatic carbocycles. The number of benzene rings is 2. The Hall–Kier alpha value is -2.56. The zero-order chi connectivity index (χ0) is 21.3. The van der Waals surface area contributed by atoms with E-state index in [0.717, 1.165) is 27.0 Å². The number of aromatic nitrogens is 2. The third kappa shape index (κ3) is 6.75. The van der Waals surface area contributed by atoms with Crippen LogP contribution in [0, 0.1) is 6.92 Å². The summed E-state index contributed by atoms with van der Waals surface area (Å²) in [4.78, 5) is 24.0. The highest BCUT2D eigenvalue weighted by atomic mass is 32.2. The molecule has 0 saturated heterocycles. The zero-order valence-corrected chi connectivity index (χ0v) is 18.8. The molecule has 0 aliphatic rings. The number of rotatable bonds is 8. The van der Waals surface area contributed by atoms with Crippen molar-refractivity contribution in [2.75, 3.05) is 12.9 Å². The lowest BCUT2D eigenvalue weighted by Gasteiger charge is -2.06. The first-order valence-electron chi connectivity index (χ1n) is 8.91. The van der Waals surface area contributed by atoms with E-state index in [-0.39, 0.29) is 17.6 Å². The molecule has 1 aromatic heterocycles. The number of carbonyl (C=O) groups is 2. The number of ether oxygens (including phenoxy) is 1. The van der Waals surface area contributed by atoms with Crippen LogP contribution in [0.4, 0.5) is 0 Å². The maximum Gasteiger partial charge on any atom is 0.269 e. The number of hydrazine groups is 1. The van der Waals surface area contributed by atoms with Gasteiger partial charge in [0, 0.05) is 11.3 Å². The summed E-state index contributed by atoms with van der Waals surface area (Å²) in [6, 6.07) is 15.0. The van der Waals surface area contributed by atoms with E-state index in [4.69, 9.17) is 4.74 Å². The molecule has 3 rings (SSSR count). The largest absolute Gasteiger partial charge is 0.497 e. The molecule has 30 heavy (non-hydrogen) atoms. The number of methoxy groups -OCH3 is 1. The molecule has 10 heteroatoms. The molecular weight excluding hydrogens is 440 g/mol. The molecule has 0 aliphatic heterocycles. The molecule has 1 heterocycles. The van der Waals surface area contributed by atoms with Crippen molar-refractivity contribution in [1.29, 1.82) is 0 Å². The minimum Gasteiger partial charge on any atom is -0.497 e. The zero-order valence-electron chi connectivity index (χ0n) is 16.4. The van der Waals surface area contributed by atoms with Crippen LogP contribution in [-0.4, -0.2) is 34.9 Å². The molecule has 0 fully saturated rings. The average Bonchev–Trinajstić information content (AvgIpc) is 3.23. The first-order chi connectivity index (χ1) is 14.5. The van der Waals surface area contributed by atoms with Crippen molar-refractivity contribution in [3.8, 4) is 5.75 Å². The Morgan fingerprint density at radius 3 is 2.30 bits per heavy atom. The summed E-state index contributed by atoms with van der Waals surface area (Å²) in [7, 11) is 1.64. The molecule has 0 aliphatic carbocycles. The van der Waals surface area contributed by atoms with E-state index in [1.54, 1.807) is 31.0 Å². The van der Waals surface area contributed by atoms with Crippen molar-refractivity contribution in [3.05, 3.63) is 65.2 Å². The van der Waals surface area contributed by atoms with E-state index >= 15 is 0 Å². The van der Waals surface area contributed by atoms with Gasteiger partial charge in [0.1, 0.15) is 5.75 Å². The lowest BCUT2D eigenvalue weighted by molar-refractivity contribution is -0.119. The van der Waals surface area contributed by atoms with Gasteiger partial charge in [-0.3, -0.25) is 20.4 Å². The van der Waals surface area contributed by atoms with Gasteiger partial charge in [-0.1, -0.05) is 64.7 Å². The van der Waals surface area contributed by atoms with Gasteiger partial charge in [0.15, 0.2) is 8.68 Å². The minimum atomic E-state index is -0.360. The molecule has 7 nitrogen and oxygen atoms in total. The normalized spacial score (nSPS) is 10.5. The highest BCUT2D eigenvalue weighted by Gasteiger charge is 2.11. The fourth-order valence-electron chi connectivity index (χ4n) is 2.25. The van der Waals surface area contributed by atoms with Crippen LogP contribution < -0.4 is 15.6 Å². The predicted molar refractivity (Wildman–Crippen MR) is 120 cm³/mol. The average molecular weight is 461 g/mol. The molecule has 0 saturated carbocycles. The minimum absolute atomic E-state index is 0.131. The fraction of sp³-hybridized carbons (Fsp3) is 0.200. The van der Waals surface area contributed by atoms with Crippen LogP contribution >= 0.6 is 34.9 Å². The molecular formula is C20H20N4O3S3. The van der Waals surface area contributed by atoms with Crippen LogP contribution in [0.15, 0.2) is 57.2 Å². The predicted octanol–water partition coefficient (Wildman–Crippen LogP) is 3.70. The molecule has 2 N–H and O–H groups in total. The van der Waals surface area contributed by atoms with Crippen molar-refractivity contribution in [3.63, 3.8) is 0 Å². The maximum absolute atomic E-state index is 12.0. The highest BCUT2D eigenvalue weighted by molar-refractivity contribution is 8.03. The SMILES string of the molecule is COc1ccc(CSc2nnc(SCC(=O)NNC(=O)c3ccc(C)cc3)s2)cc1. The second-order valence-electron chi connectivity index (χ2n) is 6.13. The topological polar surface area (TPSA) is 93.2 Å². The molecule has 2 amide bonds. The molecule has 0 unspecified atom stereocenters. The second-order valence-corrected chi connectivity index (χ2v) is 9.55. The van der Waals surface area contributed by atoms with E-state index in [1.807, 2.05) is 43.3 Å². The third-order valence-electron chi connectivity index (χ3n) is 3.87. The second kappa shape index (κ2) is 11.0.